The van der Waals surface area contributed by atoms with E-state index in [1.165, 1.54) is 0 Å². The Bertz CT molecular complexity index is 708. The predicted molar refractivity (Wildman–Crippen MR) is 93.9 cm³/mol. The molecule has 0 unspecified atom stereocenters. The summed E-state index contributed by atoms with van der Waals surface area (Å²) in [6.07, 6.45) is 1.94. The molecule has 1 aromatic carbocycles. The van der Waals surface area contributed by atoms with E-state index in [4.69, 9.17) is 9.31 Å². The van der Waals surface area contributed by atoms with Gasteiger partial charge in [-0.3, -0.25) is 4.68 Å². The molecule has 122 valence electrons. The highest BCUT2D eigenvalue weighted by molar-refractivity contribution is 6.64. The van der Waals surface area contributed by atoms with Gasteiger partial charge in [-0.25, -0.2) is 0 Å². The van der Waals surface area contributed by atoms with Crippen molar-refractivity contribution in [3.05, 3.63) is 30.5 Å². The SMILES string of the molecule is CNc1ccc(-c2ccn(C)n2)cc1B1OC(C)(C)C(C)(C)O1. The lowest BCUT2D eigenvalue weighted by molar-refractivity contribution is 0.00578. The van der Waals surface area contributed by atoms with Crippen molar-refractivity contribution < 1.29 is 9.31 Å². The Hall–Kier alpha value is -1.79. The Kier molecular flexibility index (Phi) is 3.77. The maximum Gasteiger partial charge on any atom is 0.496 e. The highest BCUT2D eigenvalue weighted by Gasteiger charge is 2.52. The molecule has 5 nitrogen and oxygen atoms in total. The van der Waals surface area contributed by atoms with Crippen LogP contribution in [-0.4, -0.2) is 35.1 Å². The predicted octanol–water partition coefficient (Wildman–Crippen LogP) is 2.43. The normalized spacial score (nSPS) is 19.1. The minimum atomic E-state index is -0.397. The number of aromatic nitrogens is 2. The van der Waals surface area contributed by atoms with E-state index in [0.717, 1.165) is 22.4 Å². The molecule has 2 aromatic rings. The maximum atomic E-state index is 6.20. The van der Waals surface area contributed by atoms with Gasteiger partial charge in [0.15, 0.2) is 0 Å². The molecular formula is C17H24BN3O2. The van der Waals surface area contributed by atoms with Crippen LogP contribution in [-0.2, 0) is 16.4 Å². The van der Waals surface area contributed by atoms with E-state index < -0.39 is 7.12 Å². The number of nitrogens with zero attached hydrogens (tertiary/aromatic N) is 2. The van der Waals surface area contributed by atoms with Crippen molar-refractivity contribution >= 4 is 18.3 Å². The van der Waals surface area contributed by atoms with Crippen molar-refractivity contribution in [3.8, 4) is 11.3 Å². The number of hydrogen-bond donors (Lipinski definition) is 1. The third-order valence-electron chi connectivity index (χ3n) is 4.84. The van der Waals surface area contributed by atoms with Crippen LogP contribution in [0.4, 0.5) is 5.69 Å². The molecule has 23 heavy (non-hydrogen) atoms. The summed E-state index contributed by atoms with van der Waals surface area (Å²) in [4.78, 5) is 0. The molecule has 1 saturated heterocycles. The second-order valence-electron chi connectivity index (χ2n) is 7.01. The molecule has 0 radical (unpaired) electrons. The molecule has 0 bridgehead atoms. The van der Waals surface area contributed by atoms with Crippen molar-refractivity contribution in [3.63, 3.8) is 0 Å². The Morgan fingerprint density at radius 3 is 2.26 bits per heavy atom. The fourth-order valence-corrected chi connectivity index (χ4v) is 2.68. The number of nitrogens with one attached hydrogen (secondary N) is 1. The Labute approximate surface area is 138 Å². The third-order valence-corrected chi connectivity index (χ3v) is 4.84. The van der Waals surface area contributed by atoms with Crippen LogP contribution in [0.25, 0.3) is 11.3 Å². The van der Waals surface area contributed by atoms with Crippen LogP contribution in [0.3, 0.4) is 0 Å². The zero-order valence-corrected chi connectivity index (χ0v) is 14.7. The molecule has 0 atom stereocenters. The molecule has 0 amide bonds. The summed E-state index contributed by atoms with van der Waals surface area (Å²) in [7, 11) is 3.43. The Morgan fingerprint density at radius 1 is 1.09 bits per heavy atom. The molecule has 0 aliphatic carbocycles. The molecule has 1 aromatic heterocycles. The summed E-state index contributed by atoms with van der Waals surface area (Å²) >= 11 is 0. The van der Waals surface area contributed by atoms with E-state index in [1.54, 1.807) is 4.68 Å². The zero-order valence-electron chi connectivity index (χ0n) is 14.7. The van der Waals surface area contributed by atoms with E-state index >= 15 is 0 Å². The van der Waals surface area contributed by atoms with E-state index in [-0.39, 0.29) is 11.2 Å². The Morgan fingerprint density at radius 2 is 1.74 bits per heavy atom. The minimum absolute atomic E-state index is 0.357. The number of benzene rings is 1. The fraction of sp³-hybridized carbons (Fsp3) is 0.471. The number of aryl methyl sites for hydroxylation is 1. The number of hydrogen-bond acceptors (Lipinski definition) is 4. The first kappa shape index (κ1) is 16.1. The van der Waals surface area contributed by atoms with Crippen molar-refractivity contribution in [2.24, 2.45) is 7.05 Å². The van der Waals surface area contributed by atoms with Crippen LogP contribution in [0.2, 0.25) is 0 Å². The van der Waals surface area contributed by atoms with Gasteiger partial charge in [0.25, 0.3) is 0 Å². The molecule has 0 saturated carbocycles. The summed E-state index contributed by atoms with van der Waals surface area (Å²) in [5.41, 5.74) is 3.27. The maximum absolute atomic E-state index is 6.20. The lowest BCUT2D eigenvalue weighted by Gasteiger charge is -2.32. The van der Waals surface area contributed by atoms with Crippen LogP contribution in [0.15, 0.2) is 30.5 Å². The summed E-state index contributed by atoms with van der Waals surface area (Å²) in [6, 6.07) is 8.20. The standard InChI is InChI=1S/C17H24BN3O2/c1-16(2)17(3,4)23-18(22-16)13-11-12(7-8-15(13)19-5)14-9-10-21(6)20-14/h7-11,19H,1-6H3. The van der Waals surface area contributed by atoms with E-state index in [1.807, 2.05) is 32.4 Å². The van der Waals surface area contributed by atoms with Gasteiger partial charge in [-0.2, -0.15) is 5.10 Å². The van der Waals surface area contributed by atoms with Gasteiger partial charge in [-0.05, 0) is 39.8 Å². The summed E-state index contributed by atoms with van der Waals surface area (Å²) in [5, 5.41) is 7.70. The monoisotopic (exact) mass is 313 g/mol. The second kappa shape index (κ2) is 5.39. The Balaban J connectivity index is 2.01. The second-order valence-corrected chi connectivity index (χ2v) is 7.01. The number of rotatable bonds is 3. The molecule has 2 heterocycles. The van der Waals surface area contributed by atoms with Crippen molar-refractivity contribution in [2.45, 2.75) is 38.9 Å². The minimum Gasteiger partial charge on any atom is -0.399 e. The summed E-state index contributed by atoms with van der Waals surface area (Å²) in [6.45, 7) is 8.26. The molecular weight excluding hydrogens is 289 g/mol. The van der Waals surface area contributed by atoms with Crippen molar-refractivity contribution in [2.75, 3.05) is 12.4 Å². The largest absolute Gasteiger partial charge is 0.496 e. The van der Waals surface area contributed by atoms with Gasteiger partial charge >= 0.3 is 7.12 Å². The quantitative estimate of drug-likeness (QED) is 0.884. The van der Waals surface area contributed by atoms with E-state index in [0.29, 0.717) is 0 Å². The van der Waals surface area contributed by atoms with Gasteiger partial charge < -0.3 is 14.6 Å². The molecule has 0 spiro atoms. The van der Waals surface area contributed by atoms with Gasteiger partial charge in [0.1, 0.15) is 0 Å². The van der Waals surface area contributed by atoms with Crippen LogP contribution in [0.5, 0.6) is 0 Å². The first-order valence-corrected chi connectivity index (χ1v) is 7.91. The average Bonchev–Trinajstić information content (AvgIpc) is 3.00. The highest BCUT2D eigenvalue weighted by Crippen LogP contribution is 2.37. The molecule has 1 aliphatic heterocycles. The molecule has 1 aliphatic rings. The average molecular weight is 313 g/mol. The summed E-state index contributed by atoms with van der Waals surface area (Å²) < 4.78 is 14.2. The highest BCUT2D eigenvalue weighted by atomic mass is 16.7. The van der Waals surface area contributed by atoms with Crippen LogP contribution in [0.1, 0.15) is 27.7 Å². The van der Waals surface area contributed by atoms with Gasteiger partial charge in [0, 0.05) is 37.0 Å². The van der Waals surface area contributed by atoms with Crippen LogP contribution in [0, 0.1) is 0 Å². The molecule has 1 N–H and O–H groups in total. The van der Waals surface area contributed by atoms with Crippen LogP contribution < -0.4 is 10.8 Å². The molecule has 3 rings (SSSR count). The van der Waals surface area contributed by atoms with Crippen LogP contribution >= 0.6 is 0 Å². The number of anilines is 1. The first-order valence-electron chi connectivity index (χ1n) is 7.91. The molecule has 6 heteroatoms. The fourth-order valence-electron chi connectivity index (χ4n) is 2.68. The van der Waals surface area contributed by atoms with E-state index in [2.05, 4.69) is 50.2 Å². The third kappa shape index (κ3) is 2.77. The smallest absolute Gasteiger partial charge is 0.399 e. The van der Waals surface area contributed by atoms with E-state index in [9.17, 15) is 0 Å². The van der Waals surface area contributed by atoms with Gasteiger partial charge in [-0.15, -0.1) is 0 Å². The first-order chi connectivity index (χ1) is 10.7. The zero-order chi connectivity index (χ0) is 16.8. The lowest BCUT2D eigenvalue weighted by Crippen LogP contribution is -2.41. The summed E-state index contributed by atoms with van der Waals surface area (Å²) in [5.74, 6) is 0. The van der Waals surface area contributed by atoms with Crippen molar-refractivity contribution in [1.29, 1.82) is 0 Å². The van der Waals surface area contributed by atoms with Gasteiger partial charge in [0.05, 0.1) is 16.9 Å². The lowest BCUT2D eigenvalue weighted by atomic mass is 9.76. The van der Waals surface area contributed by atoms with Crippen molar-refractivity contribution in [1.82, 2.24) is 9.78 Å². The topological polar surface area (TPSA) is 48.3 Å². The molecule has 1 fully saturated rings. The van der Waals surface area contributed by atoms with Gasteiger partial charge in [-0.1, -0.05) is 12.1 Å². The van der Waals surface area contributed by atoms with Gasteiger partial charge in [0.2, 0.25) is 0 Å².